The Hall–Kier alpha value is -0.810. The summed E-state index contributed by atoms with van der Waals surface area (Å²) < 4.78 is 0. The zero-order chi connectivity index (χ0) is 13.1. The molecule has 0 aromatic carbocycles. The maximum absolute atomic E-state index is 11.9. The van der Waals surface area contributed by atoms with Crippen molar-refractivity contribution in [2.24, 2.45) is 0 Å². The van der Waals surface area contributed by atoms with Crippen LogP contribution in [0.4, 0.5) is 4.79 Å². The van der Waals surface area contributed by atoms with Crippen molar-refractivity contribution in [1.29, 1.82) is 0 Å². The van der Waals surface area contributed by atoms with Gasteiger partial charge in [-0.05, 0) is 26.3 Å². The largest absolute Gasteiger partial charge is 0.331 e. The third kappa shape index (κ3) is 2.95. The van der Waals surface area contributed by atoms with E-state index in [4.69, 9.17) is 0 Å². The van der Waals surface area contributed by atoms with Gasteiger partial charge >= 0.3 is 6.03 Å². The molecular weight excluding hydrogens is 228 g/mol. The molecule has 0 saturated carbocycles. The average molecular weight is 254 g/mol. The van der Waals surface area contributed by atoms with E-state index >= 15 is 0 Å². The highest BCUT2D eigenvalue weighted by Crippen LogP contribution is 2.21. The van der Waals surface area contributed by atoms with E-state index in [-0.39, 0.29) is 6.03 Å². The molecule has 2 fully saturated rings. The first-order valence-corrected chi connectivity index (χ1v) is 6.99. The number of likely N-dealkylation sites (N-methyl/N-ethyl adjacent to an activating group) is 1. The Kier molecular flexibility index (Phi) is 4.45. The molecule has 2 amide bonds. The molecule has 2 aliphatic rings. The van der Waals surface area contributed by atoms with E-state index in [2.05, 4.69) is 10.2 Å². The molecule has 2 saturated heterocycles. The van der Waals surface area contributed by atoms with E-state index in [1.807, 2.05) is 26.0 Å². The highest BCUT2D eigenvalue weighted by atomic mass is 16.2. The van der Waals surface area contributed by atoms with Crippen LogP contribution in [0.25, 0.3) is 0 Å². The van der Waals surface area contributed by atoms with Crippen LogP contribution in [0.2, 0.25) is 0 Å². The Balaban J connectivity index is 1.78. The molecule has 0 bridgehead atoms. The number of likely N-dealkylation sites (tertiary alicyclic amines) is 2. The van der Waals surface area contributed by atoms with E-state index in [0.29, 0.717) is 12.1 Å². The summed E-state index contributed by atoms with van der Waals surface area (Å²) in [7, 11) is 5.70. The van der Waals surface area contributed by atoms with Gasteiger partial charge in [-0.3, -0.25) is 4.90 Å². The number of piperidine rings is 1. The van der Waals surface area contributed by atoms with Crippen molar-refractivity contribution in [3.05, 3.63) is 0 Å². The molecule has 1 atom stereocenters. The molecule has 0 aromatic rings. The summed E-state index contributed by atoms with van der Waals surface area (Å²) in [5, 5.41) is 3.36. The number of hydrogen-bond acceptors (Lipinski definition) is 3. The third-order valence-corrected chi connectivity index (χ3v) is 4.26. The number of carbonyl (C=O) groups excluding carboxylic acids is 1. The minimum absolute atomic E-state index is 0.156. The lowest BCUT2D eigenvalue weighted by Crippen LogP contribution is -2.49. The van der Waals surface area contributed by atoms with Crippen molar-refractivity contribution < 1.29 is 4.79 Å². The topological polar surface area (TPSA) is 38.8 Å². The van der Waals surface area contributed by atoms with Crippen LogP contribution in [0.15, 0.2) is 0 Å². The van der Waals surface area contributed by atoms with Gasteiger partial charge in [-0.2, -0.15) is 0 Å². The summed E-state index contributed by atoms with van der Waals surface area (Å²) in [4.78, 5) is 18.1. The standard InChI is InChI=1S/C13H26N4O/c1-14-11-4-7-17(10-11)12-5-8-16(9-6-12)13(18)15(2)3/h11-12,14H,4-10H2,1-3H3. The van der Waals surface area contributed by atoms with Crippen molar-refractivity contribution in [2.45, 2.75) is 31.3 Å². The molecule has 2 heterocycles. The van der Waals surface area contributed by atoms with Crippen LogP contribution in [0, 0.1) is 0 Å². The summed E-state index contributed by atoms with van der Waals surface area (Å²) in [6, 6.07) is 1.49. The maximum Gasteiger partial charge on any atom is 0.319 e. The van der Waals surface area contributed by atoms with Crippen molar-refractivity contribution in [1.82, 2.24) is 20.0 Å². The number of nitrogens with zero attached hydrogens (tertiary/aromatic N) is 3. The zero-order valence-corrected chi connectivity index (χ0v) is 11.9. The highest BCUT2D eigenvalue weighted by molar-refractivity contribution is 5.73. The summed E-state index contributed by atoms with van der Waals surface area (Å²) in [5.41, 5.74) is 0. The van der Waals surface area contributed by atoms with Crippen molar-refractivity contribution >= 4 is 6.03 Å². The Morgan fingerprint density at radius 1 is 1.17 bits per heavy atom. The fourth-order valence-electron chi connectivity index (χ4n) is 3.06. The van der Waals surface area contributed by atoms with E-state index in [0.717, 1.165) is 25.9 Å². The van der Waals surface area contributed by atoms with Gasteiger partial charge in [-0.1, -0.05) is 0 Å². The number of amides is 2. The molecule has 1 unspecified atom stereocenters. The first kappa shape index (κ1) is 13.6. The molecule has 0 aromatic heterocycles. The second kappa shape index (κ2) is 5.89. The molecule has 5 nitrogen and oxygen atoms in total. The first-order valence-electron chi connectivity index (χ1n) is 6.99. The van der Waals surface area contributed by atoms with Gasteiger partial charge in [0.1, 0.15) is 0 Å². The van der Waals surface area contributed by atoms with Gasteiger partial charge in [-0.25, -0.2) is 4.79 Å². The number of carbonyl (C=O) groups is 1. The molecule has 0 radical (unpaired) electrons. The molecule has 0 spiro atoms. The summed E-state index contributed by atoms with van der Waals surface area (Å²) in [6.45, 7) is 4.19. The number of hydrogen-bond donors (Lipinski definition) is 1. The van der Waals surface area contributed by atoms with Crippen LogP contribution in [0.3, 0.4) is 0 Å². The van der Waals surface area contributed by atoms with Crippen LogP contribution in [-0.4, -0.2) is 80.1 Å². The number of nitrogens with one attached hydrogen (secondary N) is 1. The average Bonchev–Trinajstić information content (AvgIpc) is 2.86. The van der Waals surface area contributed by atoms with Crippen molar-refractivity contribution in [3.63, 3.8) is 0 Å². The van der Waals surface area contributed by atoms with Gasteiger partial charge in [0.05, 0.1) is 0 Å². The van der Waals surface area contributed by atoms with Crippen LogP contribution in [-0.2, 0) is 0 Å². The molecule has 104 valence electrons. The Morgan fingerprint density at radius 3 is 2.33 bits per heavy atom. The second-order valence-corrected chi connectivity index (χ2v) is 5.66. The summed E-state index contributed by atoms with van der Waals surface area (Å²) in [5.74, 6) is 0. The van der Waals surface area contributed by atoms with E-state index in [1.165, 1.54) is 19.5 Å². The minimum atomic E-state index is 0.156. The highest BCUT2D eigenvalue weighted by Gasteiger charge is 2.31. The fourth-order valence-corrected chi connectivity index (χ4v) is 3.06. The van der Waals surface area contributed by atoms with Crippen LogP contribution in [0.5, 0.6) is 0 Å². The summed E-state index contributed by atoms with van der Waals surface area (Å²) in [6.07, 6.45) is 3.50. The molecule has 1 N–H and O–H groups in total. The number of rotatable bonds is 2. The Morgan fingerprint density at radius 2 is 1.83 bits per heavy atom. The Labute approximate surface area is 110 Å². The lowest BCUT2D eigenvalue weighted by Gasteiger charge is -2.37. The van der Waals surface area contributed by atoms with Crippen molar-refractivity contribution in [2.75, 3.05) is 47.3 Å². The van der Waals surface area contributed by atoms with Gasteiger partial charge in [-0.15, -0.1) is 0 Å². The SMILES string of the molecule is CNC1CCN(C2CCN(C(=O)N(C)C)CC2)C1. The smallest absolute Gasteiger partial charge is 0.319 e. The monoisotopic (exact) mass is 254 g/mol. The lowest BCUT2D eigenvalue weighted by molar-refractivity contribution is 0.119. The van der Waals surface area contributed by atoms with E-state index < -0.39 is 0 Å². The predicted molar refractivity (Wildman–Crippen MR) is 72.7 cm³/mol. The molecule has 2 rings (SSSR count). The maximum atomic E-state index is 11.9. The minimum Gasteiger partial charge on any atom is -0.331 e. The van der Waals surface area contributed by atoms with Crippen molar-refractivity contribution in [3.8, 4) is 0 Å². The zero-order valence-electron chi connectivity index (χ0n) is 11.9. The second-order valence-electron chi connectivity index (χ2n) is 5.66. The van der Waals surface area contributed by atoms with Crippen LogP contribution < -0.4 is 5.32 Å². The number of urea groups is 1. The first-order chi connectivity index (χ1) is 8.61. The van der Waals surface area contributed by atoms with Gasteiger partial charge < -0.3 is 15.1 Å². The summed E-state index contributed by atoms with van der Waals surface area (Å²) >= 11 is 0. The lowest BCUT2D eigenvalue weighted by atomic mass is 10.0. The van der Waals surface area contributed by atoms with Gasteiger partial charge in [0.2, 0.25) is 0 Å². The molecular formula is C13H26N4O. The predicted octanol–water partition coefficient (Wildman–Crippen LogP) is 0.426. The van der Waals surface area contributed by atoms with Gasteiger partial charge in [0, 0.05) is 52.4 Å². The van der Waals surface area contributed by atoms with E-state index in [1.54, 1.807) is 4.90 Å². The van der Waals surface area contributed by atoms with E-state index in [9.17, 15) is 4.79 Å². The quantitative estimate of drug-likeness (QED) is 0.776. The molecule has 18 heavy (non-hydrogen) atoms. The van der Waals surface area contributed by atoms with Gasteiger partial charge in [0.25, 0.3) is 0 Å². The molecule has 0 aliphatic carbocycles. The molecule has 2 aliphatic heterocycles. The normalized spacial score (nSPS) is 26.6. The van der Waals surface area contributed by atoms with Crippen LogP contribution >= 0.6 is 0 Å². The molecule has 5 heteroatoms. The Bertz CT molecular complexity index is 287. The third-order valence-electron chi connectivity index (χ3n) is 4.26. The van der Waals surface area contributed by atoms with Gasteiger partial charge in [0.15, 0.2) is 0 Å². The van der Waals surface area contributed by atoms with Crippen LogP contribution in [0.1, 0.15) is 19.3 Å². The fraction of sp³-hybridized carbons (Fsp3) is 0.923.